The van der Waals surface area contributed by atoms with Crippen molar-refractivity contribution in [3.05, 3.63) is 28.8 Å². The van der Waals surface area contributed by atoms with Gasteiger partial charge in [-0.05, 0) is 36.0 Å². The van der Waals surface area contributed by atoms with Crippen LogP contribution in [0.3, 0.4) is 0 Å². The van der Waals surface area contributed by atoms with E-state index < -0.39 is 0 Å². The van der Waals surface area contributed by atoms with E-state index >= 15 is 0 Å². The molecule has 1 aliphatic rings. The number of nitrogens with two attached hydrogens (primary N) is 1. The maximum Gasteiger partial charge on any atom is 0.306 e. The number of benzene rings is 1. The smallest absolute Gasteiger partial charge is 0.306 e. The summed E-state index contributed by atoms with van der Waals surface area (Å²) < 4.78 is 4.74. The Morgan fingerprint density at radius 1 is 1.53 bits per heavy atom. The van der Waals surface area contributed by atoms with Gasteiger partial charge in [-0.25, -0.2) is 0 Å². The minimum absolute atomic E-state index is 0.119. The highest BCUT2D eigenvalue weighted by molar-refractivity contribution is 7.99. The van der Waals surface area contributed by atoms with Crippen LogP contribution in [0.15, 0.2) is 23.1 Å². The van der Waals surface area contributed by atoms with Crippen molar-refractivity contribution in [2.45, 2.75) is 30.7 Å². The fourth-order valence-electron chi connectivity index (χ4n) is 1.95. The number of carbonyl (C=O) groups excluding carboxylic acids is 1. The molecule has 0 amide bonds. The number of carbonyl (C=O) groups is 1. The number of rotatable bonds is 6. The molecular weight excluding hydrogens is 282 g/mol. The molecule has 0 atom stereocenters. The van der Waals surface area contributed by atoms with Crippen LogP contribution in [0, 0.1) is 5.41 Å². The zero-order chi connectivity index (χ0) is 13.9. The molecule has 0 heterocycles. The van der Waals surface area contributed by atoms with Gasteiger partial charge in [0.1, 0.15) is 0 Å². The normalized spacial score (nSPS) is 16.2. The van der Waals surface area contributed by atoms with E-state index in [4.69, 9.17) is 22.1 Å². The molecule has 0 radical (unpaired) electrons. The van der Waals surface area contributed by atoms with E-state index in [-0.39, 0.29) is 11.4 Å². The number of hydrogen-bond donors (Lipinski definition) is 1. The van der Waals surface area contributed by atoms with Crippen LogP contribution in [-0.4, -0.2) is 18.8 Å². The van der Waals surface area contributed by atoms with Crippen LogP contribution in [-0.2, 0) is 16.1 Å². The maximum atomic E-state index is 11.4. The third-order valence-electron chi connectivity index (χ3n) is 3.47. The van der Waals surface area contributed by atoms with Gasteiger partial charge in [-0.2, -0.15) is 0 Å². The molecule has 5 heteroatoms. The van der Waals surface area contributed by atoms with Crippen molar-refractivity contribution >= 4 is 29.3 Å². The van der Waals surface area contributed by atoms with E-state index in [1.165, 1.54) is 7.11 Å². The lowest BCUT2D eigenvalue weighted by Gasteiger charge is -2.14. The summed E-state index contributed by atoms with van der Waals surface area (Å²) in [4.78, 5) is 12.4. The van der Waals surface area contributed by atoms with Crippen molar-refractivity contribution in [1.82, 2.24) is 0 Å². The summed E-state index contributed by atoms with van der Waals surface area (Å²) in [6.07, 6.45) is 2.69. The maximum absolute atomic E-state index is 11.4. The molecule has 1 aromatic rings. The van der Waals surface area contributed by atoms with Crippen molar-refractivity contribution in [3.8, 4) is 0 Å². The Bertz CT molecular complexity index is 475. The second kappa shape index (κ2) is 6.16. The van der Waals surface area contributed by atoms with Crippen LogP contribution in [0.4, 0.5) is 0 Å². The lowest BCUT2D eigenvalue weighted by atomic mass is 10.1. The van der Waals surface area contributed by atoms with Gasteiger partial charge < -0.3 is 10.5 Å². The Kier molecular flexibility index (Phi) is 4.76. The molecule has 3 nitrogen and oxygen atoms in total. The van der Waals surface area contributed by atoms with Gasteiger partial charge in [-0.3, -0.25) is 4.79 Å². The SMILES string of the molecule is COC(=O)CC1(CSc2ccc(CN)cc2Cl)CC1. The topological polar surface area (TPSA) is 52.3 Å². The summed E-state index contributed by atoms with van der Waals surface area (Å²) in [7, 11) is 1.44. The van der Waals surface area contributed by atoms with Crippen LogP contribution in [0.2, 0.25) is 5.02 Å². The van der Waals surface area contributed by atoms with Crippen LogP contribution in [0.1, 0.15) is 24.8 Å². The minimum Gasteiger partial charge on any atom is -0.469 e. The summed E-state index contributed by atoms with van der Waals surface area (Å²) in [6.45, 7) is 0.497. The van der Waals surface area contributed by atoms with Crippen molar-refractivity contribution in [3.63, 3.8) is 0 Å². The lowest BCUT2D eigenvalue weighted by Crippen LogP contribution is -2.13. The predicted octanol–water partition coefficient (Wildman–Crippen LogP) is 3.23. The molecule has 1 fully saturated rings. The quantitative estimate of drug-likeness (QED) is 0.647. The average molecular weight is 300 g/mol. The molecule has 2 N–H and O–H groups in total. The summed E-state index contributed by atoms with van der Waals surface area (Å²) in [6, 6.07) is 5.90. The highest BCUT2D eigenvalue weighted by Gasteiger charge is 2.44. The van der Waals surface area contributed by atoms with Crippen molar-refractivity contribution in [2.24, 2.45) is 11.1 Å². The monoisotopic (exact) mass is 299 g/mol. The third-order valence-corrected chi connectivity index (χ3v) is 5.32. The van der Waals surface area contributed by atoms with Crippen molar-refractivity contribution < 1.29 is 9.53 Å². The van der Waals surface area contributed by atoms with Crippen LogP contribution in [0.5, 0.6) is 0 Å². The first-order valence-corrected chi connectivity index (χ1v) is 7.63. The van der Waals surface area contributed by atoms with Crippen LogP contribution >= 0.6 is 23.4 Å². The van der Waals surface area contributed by atoms with Gasteiger partial charge in [0.05, 0.1) is 18.6 Å². The second-order valence-corrected chi connectivity index (χ2v) is 6.43. The summed E-state index contributed by atoms with van der Waals surface area (Å²) in [5.74, 6) is 0.784. The van der Waals surface area contributed by atoms with Gasteiger partial charge in [-0.1, -0.05) is 17.7 Å². The van der Waals surface area contributed by atoms with Gasteiger partial charge in [0.15, 0.2) is 0 Å². The Labute approximate surface area is 122 Å². The van der Waals surface area contributed by atoms with E-state index in [9.17, 15) is 4.79 Å². The summed E-state index contributed by atoms with van der Waals surface area (Å²) in [5.41, 5.74) is 6.73. The number of thioether (sulfide) groups is 1. The Balaban J connectivity index is 1.94. The molecule has 1 aliphatic carbocycles. The molecule has 1 aromatic carbocycles. The second-order valence-electron chi connectivity index (χ2n) is 5.01. The first-order chi connectivity index (χ1) is 9.08. The highest BCUT2D eigenvalue weighted by atomic mass is 35.5. The van der Waals surface area contributed by atoms with Crippen LogP contribution in [0.25, 0.3) is 0 Å². The molecule has 0 spiro atoms. The highest BCUT2D eigenvalue weighted by Crippen LogP contribution is 2.52. The van der Waals surface area contributed by atoms with Crippen molar-refractivity contribution in [2.75, 3.05) is 12.9 Å². The number of halogens is 1. The molecule has 0 saturated heterocycles. The molecule has 0 aromatic heterocycles. The Hall–Kier alpha value is -0.710. The number of hydrogen-bond acceptors (Lipinski definition) is 4. The summed E-state index contributed by atoms with van der Waals surface area (Å²) >= 11 is 7.93. The van der Waals surface area contributed by atoms with Gasteiger partial charge >= 0.3 is 5.97 Å². The molecule has 2 rings (SSSR count). The molecule has 0 unspecified atom stereocenters. The largest absolute Gasteiger partial charge is 0.469 e. The third kappa shape index (κ3) is 3.88. The predicted molar refractivity (Wildman–Crippen MR) is 78.4 cm³/mol. The molecule has 0 aliphatic heterocycles. The van der Waals surface area contributed by atoms with E-state index in [0.29, 0.717) is 13.0 Å². The lowest BCUT2D eigenvalue weighted by molar-refractivity contribution is -0.141. The average Bonchev–Trinajstić information content (AvgIpc) is 3.17. The molecule has 104 valence electrons. The zero-order valence-electron chi connectivity index (χ0n) is 10.9. The number of esters is 1. The minimum atomic E-state index is -0.123. The fourth-order valence-corrected chi connectivity index (χ4v) is 3.53. The molecular formula is C14H18ClNO2S. The van der Waals surface area contributed by atoms with E-state index in [0.717, 1.165) is 34.1 Å². The van der Waals surface area contributed by atoms with E-state index in [2.05, 4.69) is 0 Å². The number of methoxy groups -OCH3 is 1. The van der Waals surface area contributed by atoms with Gasteiger partial charge in [-0.15, -0.1) is 11.8 Å². The molecule has 19 heavy (non-hydrogen) atoms. The first kappa shape index (κ1) is 14.7. The van der Waals surface area contributed by atoms with Gasteiger partial charge in [0.25, 0.3) is 0 Å². The first-order valence-electron chi connectivity index (χ1n) is 6.27. The molecule has 0 bridgehead atoms. The summed E-state index contributed by atoms with van der Waals surface area (Å²) in [5, 5.41) is 0.738. The Morgan fingerprint density at radius 2 is 2.26 bits per heavy atom. The van der Waals surface area contributed by atoms with Gasteiger partial charge in [0, 0.05) is 17.2 Å². The van der Waals surface area contributed by atoms with Gasteiger partial charge in [0.2, 0.25) is 0 Å². The zero-order valence-corrected chi connectivity index (χ0v) is 12.5. The fraction of sp³-hybridized carbons (Fsp3) is 0.500. The Morgan fingerprint density at radius 3 is 2.79 bits per heavy atom. The number of ether oxygens (including phenoxy) is 1. The standard InChI is InChI=1S/C14H18ClNO2S/c1-18-13(17)7-14(4-5-14)9-19-12-3-2-10(8-16)6-11(12)15/h2-3,6H,4-5,7-9,16H2,1H3. The van der Waals surface area contributed by atoms with E-state index in [1.807, 2.05) is 18.2 Å². The van der Waals surface area contributed by atoms with E-state index in [1.54, 1.807) is 11.8 Å². The van der Waals surface area contributed by atoms with Crippen LogP contribution < -0.4 is 5.73 Å². The molecule has 1 saturated carbocycles. The van der Waals surface area contributed by atoms with Crippen molar-refractivity contribution in [1.29, 1.82) is 0 Å².